The quantitative estimate of drug-likeness (QED) is 0.335. The smallest absolute Gasteiger partial charge is 0.347 e. The van der Waals surface area contributed by atoms with Crippen molar-refractivity contribution in [1.29, 1.82) is 0 Å². The van der Waals surface area contributed by atoms with Gasteiger partial charge in [-0.25, -0.2) is 14.8 Å². The lowest BCUT2D eigenvalue weighted by atomic mass is 10.1. The highest BCUT2D eigenvalue weighted by Crippen LogP contribution is 2.21. The van der Waals surface area contributed by atoms with Crippen molar-refractivity contribution >= 4 is 22.9 Å². The van der Waals surface area contributed by atoms with Crippen LogP contribution in [0.4, 0.5) is 5.69 Å². The topological polar surface area (TPSA) is 122 Å². The van der Waals surface area contributed by atoms with Crippen LogP contribution in [0.2, 0.25) is 0 Å². The number of nitrogens with zero attached hydrogens (tertiary/aromatic N) is 5. The second kappa shape index (κ2) is 12.8. The average Bonchev–Trinajstić information content (AvgIpc) is 2.92. The molecule has 1 aromatic heterocycles. The third kappa shape index (κ3) is 7.19. The fraction of sp³-hybridized carbons (Fsp3) is 0.321. The van der Waals surface area contributed by atoms with Gasteiger partial charge >= 0.3 is 11.7 Å². The lowest BCUT2D eigenvalue weighted by Gasteiger charge is -2.45. The summed E-state index contributed by atoms with van der Waals surface area (Å²) in [5.41, 5.74) is 3.06. The van der Waals surface area contributed by atoms with Crippen molar-refractivity contribution in [3.05, 3.63) is 94.2 Å². The van der Waals surface area contributed by atoms with E-state index in [9.17, 15) is 23.5 Å². The van der Waals surface area contributed by atoms with E-state index in [0.717, 1.165) is 21.2 Å². The molecule has 4 rings (SSSR count). The fourth-order valence-corrected chi connectivity index (χ4v) is 5.33. The second-order valence-electron chi connectivity index (χ2n) is 9.52. The minimum absolute atomic E-state index is 0.332. The number of hydrazine groups is 1. The Morgan fingerprint density at radius 1 is 1.05 bits per heavy atom. The molecule has 1 aliphatic heterocycles. The number of hydrogen-bond donors (Lipinski definition) is 1. The van der Waals surface area contributed by atoms with Crippen LogP contribution in [0.15, 0.2) is 71.8 Å². The number of aliphatic carboxylic acids is 1. The standard InChI is InChI=1S/C28H31N5O5S/c1-21(2)26(27(34)35)33(39(37)38)32-16-14-30(15-17-32)25-12-10-22(11-13-25)8-9-24-18-29-28(36)31(20-24)19-23-6-4-3-5-7-23/h3-7,10-13,18,20-21,26H,14-17,19H2,1-2H3,(H,34,35)(H,37,38)/p-1. The number of carboxylic acids is 1. The Bertz CT molecular complexity index is 1420. The summed E-state index contributed by atoms with van der Waals surface area (Å²) in [6.07, 6.45) is 3.17. The van der Waals surface area contributed by atoms with Crippen molar-refractivity contribution in [2.24, 2.45) is 5.92 Å². The number of benzene rings is 2. The normalized spacial score (nSPS) is 15.6. The van der Waals surface area contributed by atoms with Crippen LogP contribution in [0.25, 0.3) is 0 Å². The second-order valence-corrected chi connectivity index (χ2v) is 10.3. The van der Waals surface area contributed by atoms with Gasteiger partial charge in [0.25, 0.3) is 0 Å². The summed E-state index contributed by atoms with van der Waals surface area (Å²) >= 11 is -2.69. The highest BCUT2D eigenvalue weighted by molar-refractivity contribution is 7.76. The third-order valence-corrected chi connectivity index (χ3v) is 7.21. The van der Waals surface area contributed by atoms with Crippen LogP contribution in [0.5, 0.6) is 0 Å². The van der Waals surface area contributed by atoms with Crippen LogP contribution in [-0.4, -0.2) is 71.0 Å². The maximum atomic E-state index is 12.2. The number of rotatable bonds is 8. The molecule has 1 N–H and O–H groups in total. The maximum absolute atomic E-state index is 12.2. The molecule has 2 unspecified atom stereocenters. The van der Waals surface area contributed by atoms with Crippen LogP contribution in [-0.2, 0) is 22.6 Å². The molecule has 1 fully saturated rings. The number of aromatic nitrogens is 2. The van der Waals surface area contributed by atoms with Gasteiger partial charge in [-0.15, -0.1) is 0 Å². The molecule has 2 aromatic carbocycles. The molecule has 0 saturated carbocycles. The van der Waals surface area contributed by atoms with E-state index in [1.54, 1.807) is 25.1 Å². The third-order valence-electron chi connectivity index (χ3n) is 6.44. The van der Waals surface area contributed by atoms with Crippen LogP contribution in [0.1, 0.15) is 30.5 Å². The van der Waals surface area contributed by atoms with E-state index in [-0.39, 0.29) is 11.6 Å². The number of hydrogen-bond acceptors (Lipinski definition) is 7. The van der Waals surface area contributed by atoms with Crippen molar-refractivity contribution < 1.29 is 18.7 Å². The first kappa shape index (κ1) is 28.2. The van der Waals surface area contributed by atoms with E-state index in [0.29, 0.717) is 38.3 Å². The first-order valence-electron chi connectivity index (χ1n) is 12.6. The number of carbonyl (C=O) groups is 1. The molecule has 3 aromatic rings. The monoisotopic (exact) mass is 548 g/mol. The first-order valence-corrected chi connectivity index (χ1v) is 13.6. The molecular weight excluding hydrogens is 518 g/mol. The van der Waals surface area contributed by atoms with Gasteiger partial charge in [-0.2, -0.15) is 4.41 Å². The Kier molecular flexibility index (Phi) is 9.27. The van der Waals surface area contributed by atoms with E-state index < -0.39 is 23.3 Å². The van der Waals surface area contributed by atoms with Crippen LogP contribution in [0, 0.1) is 17.8 Å². The molecule has 0 radical (unpaired) electrons. The first-order chi connectivity index (χ1) is 18.7. The predicted octanol–water partition coefficient (Wildman–Crippen LogP) is 1.93. The zero-order valence-corrected chi connectivity index (χ0v) is 22.6. The van der Waals surface area contributed by atoms with Crippen LogP contribution >= 0.6 is 0 Å². The minimum atomic E-state index is -2.69. The maximum Gasteiger partial charge on any atom is 0.347 e. The summed E-state index contributed by atoms with van der Waals surface area (Å²) in [4.78, 5) is 29.9. The molecule has 0 bridgehead atoms. The summed E-state index contributed by atoms with van der Waals surface area (Å²) < 4.78 is 26.3. The molecule has 39 heavy (non-hydrogen) atoms. The number of piperazine rings is 1. The van der Waals surface area contributed by atoms with E-state index in [2.05, 4.69) is 21.7 Å². The number of anilines is 1. The Morgan fingerprint density at radius 2 is 1.69 bits per heavy atom. The van der Waals surface area contributed by atoms with Gasteiger partial charge in [-0.05, 0) is 35.7 Å². The molecular formula is C28H30N5O5S-. The van der Waals surface area contributed by atoms with Gasteiger partial charge in [-0.1, -0.05) is 56.0 Å². The lowest BCUT2D eigenvalue weighted by molar-refractivity contribution is -0.149. The SMILES string of the molecule is CC(C)C(C(=O)O)N(N1CCN(c2ccc(C#Cc3cnc(=O)n(Cc4ccccc4)c3)cc2)CC1)S(=O)[O-]. The molecule has 10 nitrogen and oxygen atoms in total. The Labute approximate surface area is 229 Å². The van der Waals surface area contributed by atoms with Gasteiger partial charge < -0.3 is 14.6 Å². The largest absolute Gasteiger partial charge is 0.759 e. The molecule has 0 aliphatic carbocycles. The van der Waals surface area contributed by atoms with Crippen molar-refractivity contribution in [3.8, 4) is 11.8 Å². The molecule has 2 atom stereocenters. The van der Waals surface area contributed by atoms with Crippen molar-refractivity contribution in [2.45, 2.75) is 26.4 Å². The Hall–Kier alpha value is -3.82. The van der Waals surface area contributed by atoms with E-state index in [1.807, 2.05) is 54.6 Å². The number of carboxylic acid groups (broad SMARTS) is 1. The molecule has 0 amide bonds. The van der Waals surface area contributed by atoms with Gasteiger partial charge in [-0.3, -0.25) is 13.6 Å². The van der Waals surface area contributed by atoms with Gasteiger partial charge in [0.1, 0.15) is 6.04 Å². The van der Waals surface area contributed by atoms with Crippen molar-refractivity contribution in [1.82, 2.24) is 19.0 Å². The average molecular weight is 549 g/mol. The summed E-state index contributed by atoms with van der Waals surface area (Å²) in [6.45, 7) is 5.63. The highest BCUT2D eigenvalue weighted by atomic mass is 32.2. The fourth-order valence-electron chi connectivity index (χ4n) is 4.46. The zero-order valence-electron chi connectivity index (χ0n) is 21.8. The van der Waals surface area contributed by atoms with Crippen molar-refractivity contribution in [2.75, 3.05) is 31.1 Å². The summed E-state index contributed by atoms with van der Waals surface area (Å²) in [5.74, 6) is 4.63. The van der Waals surface area contributed by atoms with E-state index in [1.165, 1.54) is 10.8 Å². The van der Waals surface area contributed by atoms with Crippen LogP contribution < -0.4 is 10.6 Å². The molecule has 204 valence electrons. The lowest BCUT2D eigenvalue weighted by Crippen LogP contribution is -2.60. The molecule has 1 saturated heterocycles. The summed E-state index contributed by atoms with van der Waals surface area (Å²) in [6, 6.07) is 16.2. The molecule has 0 spiro atoms. The zero-order chi connectivity index (χ0) is 27.9. The van der Waals surface area contributed by atoms with Gasteiger partial charge in [0.15, 0.2) is 0 Å². The van der Waals surface area contributed by atoms with Gasteiger partial charge in [0.2, 0.25) is 0 Å². The predicted molar refractivity (Wildman–Crippen MR) is 147 cm³/mol. The summed E-state index contributed by atoms with van der Waals surface area (Å²) in [7, 11) is 0. The summed E-state index contributed by atoms with van der Waals surface area (Å²) in [5, 5.41) is 11.2. The van der Waals surface area contributed by atoms with E-state index in [4.69, 9.17) is 0 Å². The Morgan fingerprint density at radius 3 is 2.28 bits per heavy atom. The minimum Gasteiger partial charge on any atom is -0.759 e. The molecule has 2 heterocycles. The van der Waals surface area contributed by atoms with E-state index >= 15 is 0 Å². The highest BCUT2D eigenvalue weighted by Gasteiger charge is 2.35. The Balaban J connectivity index is 1.40. The van der Waals surface area contributed by atoms with Gasteiger partial charge in [0.05, 0.1) is 12.1 Å². The van der Waals surface area contributed by atoms with Gasteiger partial charge in [0, 0.05) is 61.1 Å². The van der Waals surface area contributed by atoms with Crippen molar-refractivity contribution in [3.63, 3.8) is 0 Å². The molecule has 1 aliphatic rings. The molecule has 11 heteroatoms. The van der Waals surface area contributed by atoms with Crippen LogP contribution in [0.3, 0.4) is 0 Å².